The molecule has 3 heteroatoms. The molecule has 0 saturated carbocycles. The topological polar surface area (TPSA) is 0 Å². The van der Waals surface area contributed by atoms with Gasteiger partial charge in [0.15, 0.2) is 0 Å². The van der Waals surface area contributed by atoms with E-state index in [4.69, 9.17) is 0 Å². The van der Waals surface area contributed by atoms with Crippen molar-refractivity contribution < 1.29 is 0 Å². The third kappa shape index (κ3) is 3.85. The standard InChI is InChI=1S/C18H23PSe2/c1-17(2,3)13-12-15-16(18(4,5)6)19(20,21-15)14-10-8-7-9-11-14/h7-11H,1-6H3. The zero-order valence-electron chi connectivity index (χ0n) is 13.7. The van der Waals surface area contributed by atoms with Crippen molar-refractivity contribution in [2.75, 3.05) is 0 Å². The van der Waals surface area contributed by atoms with Gasteiger partial charge in [-0.15, -0.1) is 0 Å². The summed E-state index contributed by atoms with van der Waals surface area (Å²) in [6.45, 7) is 13.5. The molecule has 1 aromatic carbocycles. The van der Waals surface area contributed by atoms with Crippen molar-refractivity contribution >= 4 is 39.1 Å². The molecule has 0 saturated heterocycles. The number of allylic oxidation sites excluding steroid dienone is 2. The first-order valence-electron chi connectivity index (χ1n) is 7.18. The van der Waals surface area contributed by atoms with Crippen LogP contribution in [0.5, 0.6) is 0 Å². The van der Waals surface area contributed by atoms with E-state index in [9.17, 15) is 0 Å². The summed E-state index contributed by atoms with van der Waals surface area (Å²) < 4.78 is 0.181. The summed E-state index contributed by atoms with van der Waals surface area (Å²) in [5, 5.41) is 3.09. The van der Waals surface area contributed by atoms with E-state index in [-0.39, 0.29) is 10.8 Å². The molecule has 2 rings (SSSR count). The second-order valence-electron chi connectivity index (χ2n) is 7.41. The number of hydrogen-bond donors (Lipinski definition) is 0. The van der Waals surface area contributed by atoms with Crippen molar-refractivity contribution in [2.45, 2.75) is 41.5 Å². The van der Waals surface area contributed by atoms with E-state index in [2.05, 4.69) is 98.8 Å². The minimum absolute atomic E-state index is 0.0764. The summed E-state index contributed by atoms with van der Waals surface area (Å²) in [7, 11) is 0. The van der Waals surface area contributed by atoms with Crippen LogP contribution in [0.25, 0.3) is 0 Å². The van der Waals surface area contributed by atoms with Gasteiger partial charge >= 0.3 is 143 Å². The monoisotopic (exact) mass is 430 g/mol. The van der Waals surface area contributed by atoms with Gasteiger partial charge in [0, 0.05) is 0 Å². The van der Waals surface area contributed by atoms with Crippen molar-refractivity contribution in [3.05, 3.63) is 40.1 Å². The molecule has 1 aromatic rings. The molecule has 0 amide bonds. The minimum atomic E-state index is -1.25. The molecule has 1 aliphatic rings. The van der Waals surface area contributed by atoms with E-state index in [0.717, 1.165) is 0 Å². The third-order valence-electron chi connectivity index (χ3n) is 3.09. The zero-order valence-corrected chi connectivity index (χ0v) is 18.0. The van der Waals surface area contributed by atoms with Gasteiger partial charge in [-0.2, -0.15) is 0 Å². The average Bonchev–Trinajstić information content (AvgIpc) is 2.31. The molecule has 0 fully saturated rings. The molecule has 0 N–H and O–H groups in total. The van der Waals surface area contributed by atoms with Crippen molar-refractivity contribution in [1.82, 2.24) is 0 Å². The Morgan fingerprint density at radius 2 is 1.57 bits per heavy atom. The van der Waals surface area contributed by atoms with Crippen LogP contribution in [0.3, 0.4) is 0 Å². The summed E-state index contributed by atoms with van der Waals surface area (Å²) in [6, 6.07) is 11.0. The van der Waals surface area contributed by atoms with Gasteiger partial charge in [0.25, 0.3) is 0 Å². The quantitative estimate of drug-likeness (QED) is 0.355. The Balaban J connectivity index is 2.52. The summed E-state index contributed by atoms with van der Waals surface area (Å²) in [5.41, 5.74) is 0.268. The first-order chi connectivity index (χ1) is 9.54. The fourth-order valence-electron chi connectivity index (χ4n) is 2.23. The normalized spacial score (nSPS) is 22.4. The van der Waals surface area contributed by atoms with E-state index in [1.807, 2.05) is 0 Å². The van der Waals surface area contributed by atoms with Crippen molar-refractivity contribution in [1.29, 1.82) is 0 Å². The Kier molecular flexibility index (Phi) is 4.86. The SMILES string of the molecule is CC(C)(C)C#CC1=C(C(C)(C)C)P(=[Se])(c2ccccc2)[Se]1. The summed E-state index contributed by atoms with van der Waals surface area (Å²) in [4.78, 5) is 0. The van der Waals surface area contributed by atoms with Gasteiger partial charge in [-0.05, 0) is 0 Å². The van der Waals surface area contributed by atoms with Gasteiger partial charge in [0.1, 0.15) is 0 Å². The van der Waals surface area contributed by atoms with Crippen molar-refractivity contribution in [3.8, 4) is 11.8 Å². The average molecular weight is 428 g/mol. The van der Waals surface area contributed by atoms with Crippen molar-refractivity contribution in [3.63, 3.8) is 0 Å². The molecule has 0 nitrogen and oxygen atoms in total. The molecule has 0 aromatic heterocycles. The molecular formula is C18H23PSe2. The molecule has 0 aliphatic carbocycles. The zero-order chi connectivity index (χ0) is 15.9. The predicted molar refractivity (Wildman–Crippen MR) is 98.2 cm³/mol. The van der Waals surface area contributed by atoms with Crippen LogP contribution < -0.4 is 5.30 Å². The van der Waals surface area contributed by atoms with E-state index < -0.39 is 4.20 Å². The van der Waals surface area contributed by atoms with Gasteiger partial charge in [-0.25, -0.2) is 0 Å². The van der Waals surface area contributed by atoms with E-state index >= 15 is 0 Å². The van der Waals surface area contributed by atoms with Gasteiger partial charge in [-0.3, -0.25) is 0 Å². The summed E-state index contributed by atoms with van der Waals surface area (Å²) in [5.74, 6) is 6.93. The van der Waals surface area contributed by atoms with E-state index in [0.29, 0.717) is 14.5 Å². The second-order valence-corrected chi connectivity index (χ2v) is 22.1. The Morgan fingerprint density at radius 3 is 2.05 bits per heavy atom. The van der Waals surface area contributed by atoms with Crippen LogP contribution in [0.15, 0.2) is 40.1 Å². The summed E-state index contributed by atoms with van der Waals surface area (Å²) in [6.07, 6.45) is 0. The Labute approximate surface area is 143 Å². The Morgan fingerprint density at radius 1 is 1.00 bits per heavy atom. The molecule has 1 atom stereocenters. The molecule has 0 spiro atoms. The summed E-state index contributed by atoms with van der Waals surface area (Å²) >= 11 is 4.08. The van der Waals surface area contributed by atoms with Crippen LogP contribution in [-0.2, 0) is 0 Å². The number of rotatable bonds is 1. The third-order valence-corrected chi connectivity index (χ3v) is 17.1. The van der Waals surface area contributed by atoms with Crippen LogP contribution in [-0.4, -0.2) is 29.6 Å². The van der Waals surface area contributed by atoms with Crippen LogP contribution in [0.2, 0.25) is 0 Å². The maximum atomic E-state index is 3.60. The van der Waals surface area contributed by atoms with Gasteiger partial charge < -0.3 is 0 Å². The van der Waals surface area contributed by atoms with Crippen LogP contribution in [0.1, 0.15) is 41.5 Å². The van der Waals surface area contributed by atoms with Crippen LogP contribution in [0.4, 0.5) is 0 Å². The molecule has 21 heavy (non-hydrogen) atoms. The number of hydrogen-bond acceptors (Lipinski definition) is 0. The number of benzene rings is 1. The fraction of sp³-hybridized carbons (Fsp3) is 0.444. The van der Waals surface area contributed by atoms with Gasteiger partial charge in [0.2, 0.25) is 0 Å². The fourth-order valence-corrected chi connectivity index (χ4v) is 18.7. The predicted octanol–water partition coefficient (Wildman–Crippen LogP) is 4.35. The van der Waals surface area contributed by atoms with Crippen LogP contribution in [0, 0.1) is 22.7 Å². The second kappa shape index (κ2) is 5.89. The van der Waals surface area contributed by atoms with E-state index in [1.165, 1.54) is 9.78 Å². The molecule has 0 radical (unpaired) electrons. The molecule has 1 heterocycles. The Bertz CT molecular complexity index is 674. The van der Waals surface area contributed by atoms with Crippen LogP contribution >= 0.6 is 4.20 Å². The maximum absolute atomic E-state index is 3.60. The van der Waals surface area contributed by atoms with Crippen molar-refractivity contribution in [2.24, 2.45) is 10.8 Å². The molecule has 1 unspecified atom stereocenters. The first-order valence-corrected chi connectivity index (χ1v) is 14.3. The Hall–Kier alpha value is -0.0110. The van der Waals surface area contributed by atoms with Gasteiger partial charge in [-0.1, -0.05) is 0 Å². The molecule has 1 aliphatic heterocycles. The first kappa shape index (κ1) is 17.3. The van der Waals surface area contributed by atoms with Gasteiger partial charge in [0.05, 0.1) is 0 Å². The molecule has 112 valence electrons. The molecular weight excluding hydrogens is 405 g/mol. The molecule has 0 bridgehead atoms. The van der Waals surface area contributed by atoms with E-state index in [1.54, 1.807) is 5.31 Å².